The Kier molecular flexibility index (Phi) is 7.80. The van der Waals surface area contributed by atoms with Gasteiger partial charge in [0, 0.05) is 12.1 Å². The van der Waals surface area contributed by atoms with Crippen molar-refractivity contribution in [3.05, 3.63) is 23.8 Å². The van der Waals surface area contributed by atoms with Gasteiger partial charge in [-0.15, -0.1) is 6.58 Å². The van der Waals surface area contributed by atoms with E-state index in [0.717, 1.165) is 19.3 Å². The van der Waals surface area contributed by atoms with Crippen LogP contribution in [0.2, 0.25) is 0 Å². The average Bonchev–Trinajstić information content (AvgIpc) is 2.75. The summed E-state index contributed by atoms with van der Waals surface area (Å²) in [6, 6.07) is 0. The Labute approximate surface area is 127 Å². The van der Waals surface area contributed by atoms with Crippen LogP contribution in [0.1, 0.15) is 58.8 Å². The quantitative estimate of drug-likeness (QED) is 0.382. The molecule has 0 bridgehead atoms. The first-order chi connectivity index (χ1) is 10.1. The molecule has 0 saturated heterocycles. The summed E-state index contributed by atoms with van der Waals surface area (Å²) >= 11 is 0. The largest absolute Gasteiger partial charge is 0.454 e. The van der Waals surface area contributed by atoms with Crippen molar-refractivity contribution >= 4 is 11.9 Å². The summed E-state index contributed by atoms with van der Waals surface area (Å²) in [7, 11) is 0. The Morgan fingerprint density at radius 1 is 1.29 bits per heavy atom. The number of nitrogens with one attached hydrogen (secondary N) is 1. The van der Waals surface area contributed by atoms with Gasteiger partial charge in [-0.2, -0.15) is 0 Å². The maximum Gasteiger partial charge on any atom is 0.334 e. The number of hydrogen-bond donors (Lipinski definition) is 1. The van der Waals surface area contributed by atoms with Gasteiger partial charge < -0.3 is 10.1 Å². The van der Waals surface area contributed by atoms with Crippen molar-refractivity contribution in [1.82, 2.24) is 5.32 Å². The molecule has 1 heterocycles. The molecule has 1 N–H and O–H groups in total. The molecule has 4 nitrogen and oxygen atoms in total. The van der Waals surface area contributed by atoms with E-state index in [2.05, 4.69) is 18.8 Å². The van der Waals surface area contributed by atoms with Gasteiger partial charge in [0.25, 0.3) is 5.91 Å². The number of cyclic esters (lactones) is 1. The number of rotatable bonds is 10. The molecule has 1 rings (SSSR count). The number of carbonyl (C=O) groups is 2. The monoisotopic (exact) mass is 293 g/mol. The summed E-state index contributed by atoms with van der Waals surface area (Å²) in [4.78, 5) is 23.8. The van der Waals surface area contributed by atoms with E-state index in [-0.39, 0.29) is 18.0 Å². The fraction of sp³-hybridized carbons (Fsp3) is 0.647. The van der Waals surface area contributed by atoms with Gasteiger partial charge in [0.1, 0.15) is 6.10 Å². The number of hydrogen-bond acceptors (Lipinski definition) is 3. The second-order valence-electron chi connectivity index (χ2n) is 5.49. The summed E-state index contributed by atoms with van der Waals surface area (Å²) in [5.41, 5.74) is 0.933. The molecule has 4 heteroatoms. The third-order valence-corrected chi connectivity index (χ3v) is 3.75. The Hall–Kier alpha value is -1.58. The van der Waals surface area contributed by atoms with Crippen LogP contribution in [0.15, 0.2) is 23.8 Å². The number of unbranched alkanes of at least 4 members (excludes halogenated alkanes) is 5. The smallest absolute Gasteiger partial charge is 0.334 e. The van der Waals surface area contributed by atoms with Crippen LogP contribution in [0.25, 0.3) is 0 Å². The van der Waals surface area contributed by atoms with Crippen LogP contribution < -0.4 is 5.32 Å². The van der Waals surface area contributed by atoms with Crippen molar-refractivity contribution in [2.45, 2.75) is 64.9 Å². The van der Waals surface area contributed by atoms with Crippen LogP contribution in [0.4, 0.5) is 0 Å². The van der Waals surface area contributed by atoms with Gasteiger partial charge in [0.15, 0.2) is 0 Å². The molecule has 0 aromatic heterocycles. The Balaban J connectivity index is 2.47. The average molecular weight is 293 g/mol. The number of carbonyl (C=O) groups excluding carboxylic acids is 2. The van der Waals surface area contributed by atoms with Crippen molar-refractivity contribution < 1.29 is 14.3 Å². The third kappa shape index (κ3) is 5.37. The fourth-order valence-corrected chi connectivity index (χ4v) is 2.52. The maximum atomic E-state index is 12.1. The highest BCUT2D eigenvalue weighted by Crippen LogP contribution is 2.26. The minimum atomic E-state index is -0.381. The lowest BCUT2D eigenvalue weighted by atomic mass is 9.99. The lowest BCUT2D eigenvalue weighted by Crippen LogP contribution is -2.29. The third-order valence-electron chi connectivity index (χ3n) is 3.75. The van der Waals surface area contributed by atoms with Crippen LogP contribution >= 0.6 is 0 Å². The summed E-state index contributed by atoms with van der Waals surface area (Å²) < 4.78 is 5.32. The van der Waals surface area contributed by atoms with E-state index in [1.54, 1.807) is 13.0 Å². The molecule has 118 valence electrons. The lowest BCUT2D eigenvalue weighted by molar-refractivity contribution is -0.140. The van der Waals surface area contributed by atoms with Crippen molar-refractivity contribution in [2.75, 3.05) is 6.54 Å². The van der Waals surface area contributed by atoms with E-state index in [4.69, 9.17) is 4.74 Å². The fourth-order valence-electron chi connectivity index (χ4n) is 2.52. The SMILES string of the molecule is C=CCNC(=O)C1=C(C)C(=O)O[C@@H]1CCCCCCCC. The Morgan fingerprint density at radius 2 is 1.95 bits per heavy atom. The zero-order valence-electron chi connectivity index (χ0n) is 13.2. The van der Waals surface area contributed by atoms with Crippen LogP contribution in [0, 0.1) is 0 Å². The van der Waals surface area contributed by atoms with Crippen molar-refractivity contribution in [2.24, 2.45) is 0 Å². The van der Waals surface area contributed by atoms with Crippen LogP contribution in [0.3, 0.4) is 0 Å². The zero-order chi connectivity index (χ0) is 15.7. The first kappa shape index (κ1) is 17.5. The Bertz CT molecular complexity index is 412. The number of amides is 1. The highest BCUT2D eigenvalue weighted by atomic mass is 16.5. The number of ether oxygens (including phenoxy) is 1. The summed E-state index contributed by atoms with van der Waals surface area (Å²) in [5.74, 6) is -0.580. The van der Waals surface area contributed by atoms with Crippen LogP contribution in [-0.2, 0) is 14.3 Å². The molecular formula is C17H27NO3. The van der Waals surface area contributed by atoms with Crippen LogP contribution in [0.5, 0.6) is 0 Å². The molecule has 21 heavy (non-hydrogen) atoms. The van der Waals surface area contributed by atoms with Crippen molar-refractivity contribution in [3.63, 3.8) is 0 Å². The van der Waals surface area contributed by atoms with Crippen molar-refractivity contribution in [1.29, 1.82) is 0 Å². The molecule has 0 saturated carbocycles. The highest BCUT2D eigenvalue weighted by molar-refractivity contribution is 6.06. The first-order valence-corrected chi connectivity index (χ1v) is 7.92. The molecule has 0 aliphatic carbocycles. The molecule has 0 fully saturated rings. The summed E-state index contributed by atoms with van der Waals surface area (Å²) in [6.45, 7) is 7.82. The topological polar surface area (TPSA) is 55.4 Å². The molecule has 1 amide bonds. The minimum Gasteiger partial charge on any atom is -0.454 e. The Morgan fingerprint density at radius 3 is 2.62 bits per heavy atom. The molecule has 0 aromatic rings. The molecule has 1 aliphatic rings. The van der Waals surface area contributed by atoms with Gasteiger partial charge in [-0.25, -0.2) is 4.79 Å². The minimum absolute atomic E-state index is 0.214. The molecular weight excluding hydrogens is 266 g/mol. The lowest BCUT2D eigenvalue weighted by Gasteiger charge is -2.13. The molecule has 0 radical (unpaired) electrons. The van der Waals surface area contributed by atoms with Gasteiger partial charge in [0.2, 0.25) is 0 Å². The van der Waals surface area contributed by atoms with Gasteiger partial charge in [-0.05, 0) is 19.8 Å². The van der Waals surface area contributed by atoms with E-state index in [1.807, 2.05) is 0 Å². The van der Waals surface area contributed by atoms with E-state index in [0.29, 0.717) is 17.7 Å². The van der Waals surface area contributed by atoms with Gasteiger partial charge in [-0.3, -0.25) is 4.79 Å². The normalized spacial score (nSPS) is 17.8. The first-order valence-electron chi connectivity index (χ1n) is 7.92. The number of esters is 1. The zero-order valence-corrected chi connectivity index (χ0v) is 13.2. The second kappa shape index (κ2) is 9.37. The predicted molar refractivity (Wildman–Crippen MR) is 83.8 cm³/mol. The highest BCUT2D eigenvalue weighted by Gasteiger charge is 2.34. The van der Waals surface area contributed by atoms with E-state index < -0.39 is 0 Å². The maximum absolute atomic E-state index is 12.1. The van der Waals surface area contributed by atoms with Crippen LogP contribution in [-0.4, -0.2) is 24.5 Å². The molecule has 0 unspecified atom stereocenters. The standard InChI is InChI=1S/C17H27NO3/c1-4-6-7-8-9-10-11-14-15(13(3)17(20)21-14)16(19)18-12-5-2/h5,14H,2,4,6-12H2,1,3H3,(H,18,19)/t14-/m1/s1. The molecule has 1 atom stereocenters. The molecule has 0 spiro atoms. The van der Waals surface area contributed by atoms with Gasteiger partial charge in [0.05, 0.1) is 5.57 Å². The molecule has 0 aromatic carbocycles. The van der Waals surface area contributed by atoms with Gasteiger partial charge >= 0.3 is 5.97 Å². The van der Waals surface area contributed by atoms with Gasteiger partial charge in [-0.1, -0.05) is 45.1 Å². The van der Waals surface area contributed by atoms with Crippen molar-refractivity contribution in [3.8, 4) is 0 Å². The predicted octanol–water partition coefficient (Wildman–Crippen LogP) is 3.28. The van der Waals surface area contributed by atoms with E-state index in [1.165, 1.54) is 25.7 Å². The summed E-state index contributed by atoms with van der Waals surface area (Å²) in [5, 5.41) is 2.73. The second-order valence-corrected chi connectivity index (χ2v) is 5.49. The van der Waals surface area contributed by atoms with E-state index in [9.17, 15) is 9.59 Å². The summed E-state index contributed by atoms with van der Waals surface area (Å²) in [6.07, 6.45) is 9.02. The molecule has 1 aliphatic heterocycles. The van der Waals surface area contributed by atoms with E-state index >= 15 is 0 Å².